The number of ether oxygens (including phenoxy) is 2. The molecular formula is C19H25N3O5S. The highest BCUT2D eigenvalue weighted by Crippen LogP contribution is 2.32. The monoisotopic (exact) mass is 407 g/mol. The van der Waals surface area contributed by atoms with Crippen LogP contribution >= 0.6 is 0 Å². The Kier molecular flexibility index (Phi) is 6.35. The molecule has 1 saturated carbocycles. The predicted molar refractivity (Wildman–Crippen MR) is 104 cm³/mol. The van der Waals surface area contributed by atoms with E-state index in [4.69, 9.17) is 9.47 Å². The van der Waals surface area contributed by atoms with Gasteiger partial charge in [0.2, 0.25) is 10.0 Å². The van der Waals surface area contributed by atoms with Crippen LogP contribution in [0.25, 0.3) is 0 Å². The lowest BCUT2D eigenvalue weighted by molar-refractivity contribution is 0.354. The first-order valence-electron chi connectivity index (χ1n) is 9.22. The predicted octanol–water partition coefficient (Wildman–Crippen LogP) is 1.90. The fourth-order valence-electron chi connectivity index (χ4n) is 3.42. The number of methoxy groups -OCH3 is 2. The molecule has 1 fully saturated rings. The van der Waals surface area contributed by atoms with Gasteiger partial charge in [-0.3, -0.25) is 9.36 Å². The Hall–Kier alpha value is -2.39. The van der Waals surface area contributed by atoms with Gasteiger partial charge in [-0.2, -0.15) is 0 Å². The highest BCUT2D eigenvalue weighted by atomic mass is 32.2. The van der Waals surface area contributed by atoms with Gasteiger partial charge in [-0.15, -0.1) is 0 Å². The Morgan fingerprint density at radius 1 is 1.14 bits per heavy atom. The maximum absolute atomic E-state index is 12.5. The maximum Gasteiger partial charge on any atom is 0.253 e. The second kappa shape index (κ2) is 8.74. The summed E-state index contributed by atoms with van der Waals surface area (Å²) < 4.78 is 39.2. The molecule has 8 nitrogen and oxygen atoms in total. The lowest BCUT2D eigenvalue weighted by Gasteiger charge is -2.12. The first-order valence-corrected chi connectivity index (χ1v) is 10.7. The summed E-state index contributed by atoms with van der Waals surface area (Å²) in [4.78, 5) is 16.7. The van der Waals surface area contributed by atoms with Crippen molar-refractivity contribution in [2.24, 2.45) is 0 Å². The van der Waals surface area contributed by atoms with E-state index in [2.05, 4.69) is 9.71 Å². The molecular weight excluding hydrogens is 382 g/mol. The molecule has 0 amide bonds. The minimum absolute atomic E-state index is 0.0622. The van der Waals surface area contributed by atoms with Crippen LogP contribution in [0.3, 0.4) is 0 Å². The Morgan fingerprint density at radius 2 is 1.86 bits per heavy atom. The number of hydrogen-bond donors (Lipinski definition) is 1. The maximum atomic E-state index is 12.5. The first kappa shape index (κ1) is 20.3. The Bertz CT molecular complexity index is 981. The van der Waals surface area contributed by atoms with Gasteiger partial charge in [-0.05, 0) is 25.0 Å². The third-order valence-corrected chi connectivity index (χ3v) is 6.44. The van der Waals surface area contributed by atoms with Crippen LogP contribution in [0.2, 0.25) is 0 Å². The van der Waals surface area contributed by atoms with Crippen LogP contribution < -0.4 is 19.8 Å². The number of nitrogens with one attached hydrogen (secondary N) is 1. The van der Waals surface area contributed by atoms with Crippen LogP contribution in [-0.4, -0.2) is 38.7 Å². The standard InChI is InChI=1S/C19H25N3O5S/c1-26-17-8-7-15(11-18(17)27-2)28(24,25)21-9-10-22-13-20-16(12-19(22)23)14-5-3-4-6-14/h7-8,11-14,21H,3-6,9-10H2,1-2H3. The zero-order valence-corrected chi connectivity index (χ0v) is 16.9. The number of sulfonamides is 1. The molecule has 0 spiro atoms. The lowest BCUT2D eigenvalue weighted by Crippen LogP contribution is -2.31. The molecule has 0 bridgehead atoms. The summed E-state index contributed by atoms with van der Waals surface area (Å²) >= 11 is 0. The highest BCUT2D eigenvalue weighted by molar-refractivity contribution is 7.89. The summed E-state index contributed by atoms with van der Waals surface area (Å²) in [5, 5.41) is 0. The van der Waals surface area contributed by atoms with Gasteiger partial charge in [0.1, 0.15) is 0 Å². The topological polar surface area (TPSA) is 99.5 Å². The van der Waals surface area contributed by atoms with E-state index in [0.717, 1.165) is 18.5 Å². The summed E-state index contributed by atoms with van der Waals surface area (Å²) in [6, 6.07) is 5.93. The summed E-state index contributed by atoms with van der Waals surface area (Å²) in [5.74, 6) is 1.14. The van der Waals surface area contributed by atoms with Gasteiger partial charge in [-0.1, -0.05) is 12.8 Å². The average Bonchev–Trinajstić information content (AvgIpc) is 3.23. The molecule has 1 aliphatic carbocycles. The molecule has 3 rings (SSSR count). The molecule has 9 heteroatoms. The number of hydrogen-bond acceptors (Lipinski definition) is 6. The molecule has 28 heavy (non-hydrogen) atoms. The van der Waals surface area contributed by atoms with E-state index in [1.807, 2.05) is 0 Å². The van der Waals surface area contributed by atoms with Crippen LogP contribution in [0.5, 0.6) is 11.5 Å². The van der Waals surface area contributed by atoms with Crippen molar-refractivity contribution in [3.8, 4) is 11.5 Å². The van der Waals surface area contributed by atoms with E-state index in [9.17, 15) is 13.2 Å². The van der Waals surface area contributed by atoms with E-state index in [1.165, 1.54) is 56.2 Å². The van der Waals surface area contributed by atoms with Crippen LogP contribution in [-0.2, 0) is 16.6 Å². The SMILES string of the molecule is COc1ccc(S(=O)(=O)NCCn2cnc(C3CCCC3)cc2=O)cc1OC. The minimum atomic E-state index is -3.74. The van der Waals surface area contributed by atoms with Crippen molar-refractivity contribution in [2.75, 3.05) is 20.8 Å². The normalized spacial score (nSPS) is 14.9. The van der Waals surface area contributed by atoms with Crippen molar-refractivity contribution in [2.45, 2.75) is 43.0 Å². The summed E-state index contributed by atoms with van der Waals surface area (Å²) in [5.41, 5.74) is 0.673. The molecule has 0 unspecified atom stereocenters. The quantitative estimate of drug-likeness (QED) is 0.717. The van der Waals surface area contributed by atoms with Crippen LogP contribution in [0.1, 0.15) is 37.3 Å². The number of benzene rings is 1. The Labute approximate surface area is 164 Å². The molecule has 1 N–H and O–H groups in total. The first-order chi connectivity index (χ1) is 13.4. The van der Waals surface area contributed by atoms with Crippen molar-refractivity contribution in [3.63, 3.8) is 0 Å². The molecule has 152 valence electrons. The van der Waals surface area contributed by atoms with Crippen molar-refractivity contribution in [1.82, 2.24) is 14.3 Å². The van der Waals surface area contributed by atoms with Gasteiger partial charge in [0.15, 0.2) is 11.5 Å². The van der Waals surface area contributed by atoms with Gasteiger partial charge >= 0.3 is 0 Å². The Morgan fingerprint density at radius 3 is 2.50 bits per heavy atom. The van der Waals surface area contributed by atoms with Crippen LogP contribution in [0.4, 0.5) is 0 Å². The molecule has 1 aromatic carbocycles. The smallest absolute Gasteiger partial charge is 0.253 e. The number of nitrogens with zero attached hydrogens (tertiary/aromatic N) is 2. The number of rotatable bonds is 8. The van der Waals surface area contributed by atoms with Crippen LogP contribution in [0.15, 0.2) is 40.3 Å². The van der Waals surface area contributed by atoms with Gasteiger partial charge in [0, 0.05) is 31.1 Å². The van der Waals surface area contributed by atoms with Crippen molar-refractivity contribution < 1.29 is 17.9 Å². The second-order valence-electron chi connectivity index (χ2n) is 6.74. The summed E-state index contributed by atoms with van der Waals surface area (Å²) in [7, 11) is -0.822. The molecule has 1 heterocycles. The minimum Gasteiger partial charge on any atom is -0.493 e. The molecule has 2 aromatic rings. The van der Waals surface area contributed by atoms with Crippen molar-refractivity contribution >= 4 is 10.0 Å². The molecule has 1 aliphatic rings. The molecule has 0 atom stereocenters. The van der Waals surface area contributed by atoms with Crippen molar-refractivity contribution in [1.29, 1.82) is 0 Å². The molecule has 0 aliphatic heterocycles. The van der Waals surface area contributed by atoms with Crippen LogP contribution in [0, 0.1) is 0 Å². The van der Waals surface area contributed by atoms with Gasteiger partial charge in [0.05, 0.1) is 31.1 Å². The molecule has 0 saturated heterocycles. The van der Waals surface area contributed by atoms with E-state index in [1.54, 1.807) is 6.07 Å². The van der Waals surface area contributed by atoms with E-state index in [0.29, 0.717) is 17.4 Å². The van der Waals surface area contributed by atoms with Gasteiger partial charge in [-0.25, -0.2) is 18.1 Å². The van der Waals surface area contributed by atoms with Gasteiger partial charge < -0.3 is 9.47 Å². The second-order valence-corrected chi connectivity index (χ2v) is 8.51. The van der Waals surface area contributed by atoms with Crippen molar-refractivity contribution in [3.05, 3.63) is 46.6 Å². The summed E-state index contributed by atoms with van der Waals surface area (Å²) in [6.45, 7) is 0.268. The highest BCUT2D eigenvalue weighted by Gasteiger charge is 2.19. The fourth-order valence-corrected chi connectivity index (χ4v) is 4.46. The van der Waals surface area contributed by atoms with Gasteiger partial charge in [0.25, 0.3) is 5.56 Å². The average molecular weight is 407 g/mol. The lowest BCUT2D eigenvalue weighted by atomic mass is 10.0. The third-order valence-electron chi connectivity index (χ3n) is 4.98. The van der Waals surface area contributed by atoms with E-state index in [-0.39, 0.29) is 23.5 Å². The van der Waals surface area contributed by atoms with E-state index >= 15 is 0 Å². The number of aromatic nitrogens is 2. The third kappa shape index (κ3) is 4.53. The zero-order valence-electron chi connectivity index (χ0n) is 16.1. The van der Waals surface area contributed by atoms with E-state index < -0.39 is 10.0 Å². The zero-order chi connectivity index (χ0) is 20.1. The largest absolute Gasteiger partial charge is 0.493 e. The summed E-state index contributed by atoms with van der Waals surface area (Å²) in [6.07, 6.45) is 5.99. The fraction of sp³-hybridized carbons (Fsp3) is 0.474. The molecule has 0 radical (unpaired) electrons. The Balaban J connectivity index is 1.64. The molecule has 1 aromatic heterocycles.